The standard InChI is InChI=1S/C21H15F3N2O2S/c22-21(23,24)16-8-2-1-7-15(16)20(28)26-18-10-4-3-9-17(18)25-19(27)12-11-14-6-5-13-29-14/h1-13H,(H,25,27)(H,26,28)/b12-11-. The fourth-order valence-electron chi connectivity index (χ4n) is 2.54. The summed E-state index contributed by atoms with van der Waals surface area (Å²) in [5, 5.41) is 6.93. The first kappa shape index (κ1) is 20.3. The largest absolute Gasteiger partial charge is 0.417 e. The van der Waals surface area contributed by atoms with Gasteiger partial charge in [0.15, 0.2) is 0 Å². The number of thiophene rings is 1. The number of anilines is 2. The third-order valence-electron chi connectivity index (χ3n) is 3.85. The number of rotatable bonds is 5. The Morgan fingerprint density at radius 2 is 1.52 bits per heavy atom. The molecular formula is C21H15F3N2O2S. The second kappa shape index (κ2) is 8.74. The van der Waals surface area contributed by atoms with Gasteiger partial charge in [0.05, 0.1) is 22.5 Å². The molecule has 0 spiro atoms. The van der Waals surface area contributed by atoms with E-state index in [1.165, 1.54) is 35.6 Å². The Kier molecular flexibility index (Phi) is 6.13. The lowest BCUT2D eigenvalue weighted by molar-refractivity contribution is -0.137. The molecule has 0 atom stereocenters. The summed E-state index contributed by atoms with van der Waals surface area (Å²) < 4.78 is 39.5. The molecule has 3 aromatic rings. The van der Waals surface area contributed by atoms with Gasteiger partial charge in [-0.2, -0.15) is 13.2 Å². The molecule has 1 heterocycles. The van der Waals surface area contributed by atoms with Gasteiger partial charge in [0.1, 0.15) is 0 Å². The highest BCUT2D eigenvalue weighted by atomic mass is 32.1. The number of alkyl halides is 3. The van der Waals surface area contributed by atoms with Crippen molar-refractivity contribution in [3.8, 4) is 0 Å². The minimum atomic E-state index is -4.66. The van der Waals surface area contributed by atoms with E-state index in [9.17, 15) is 22.8 Å². The average molecular weight is 416 g/mol. The third-order valence-corrected chi connectivity index (χ3v) is 4.69. The van der Waals surface area contributed by atoms with Crippen LogP contribution in [0.3, 0.4) is 0 Å². The monoisotopic (exact) mass is 416 g/mol. The van der Waals surface area contributed by atoms with Crippen molar-refractivity contribution in [3.63, 3.8) is 0 Å². The summed E-state index contributed by atoms with van der Waals surface area (Å²) in [6.07, 6.45) is -1.68. The van der Waals surface area contributed by atoms with Crippen LogP contribution in [0.2, 0.25) is 0 Å². The molecule has 0 aliphatic rings. The highest BCUT2D eigenvalue weighted by Crippen LogP contribution is 2.32. The second-order valence-corrected chi connectivity index (χ2v) is 6.86. The van der Waals surface area contributed by atoms with Crippen molar-refractivity contribution in [2.24, 2.45) is 0 Å². The minimum Gasteiger partial charge on any atom is -0.321 e. The maximum absolute atomic E-state index is 13.2. The van der Waals surface area contributed by atoms with Crippen LogP contribution in [0.25, 0.3) is 6.08 Å². The van der Waals surface area contributed by atoms with Gasteiger partial charge in [-0.3, -0.25) is 9.59 Å². The van der Waals surface area contributed by atoms with Crippen molar-refractivity contribution in [2.75, 3.05) is 10.6 Å². The lowest BCUT2D eigenvalue weighted by Gasteiger charge is -2.14. The summed E-state index contributed by atoms with van der Waals surface area (Å²) in [6, 6.07) is 14.5. The van der Waals surface area contributed by atoms with E-state index in [0.717, 1.165) is 17.0 Å². The van der Waals surface area contributed by atoms with E-state index in [-0.39, 0.29) is 11.4 Å². The number of benzene rings is 2. The van der Waals surface area contributed by atoms with Gasteiger partial charge in [-0.1, -0.05) is 30.3 Å². The molecule has 148 valence electrons. The van der Waals surface area contributed by atoms with E-state index in [4.69, 9.17) is 0 Å². The van der Waals surface area contributed by atoms with Gasteiger partial charge in [-0.25, -0.2) is 0 Å². The zero-order valence-corrected chi connectivity index (χ0v) is 15.7. The molecule has 29 heavy (non-hydrogen) atoms. The number of hydrogen-bond acceptors (Lipinski definition) is 3. The van der Waals surface area contributed by atoms with E-state index < -0.39 is 29.1 Å². The average Bonchev–Trinajstić information content (AvgIpc) is 3.21. The molecule has 0 bridgehead atoms. The van der Waals surface area contributed by atoms with Crippen LogP contribution in [0.1, 0.15) is 20.8 Å². The smallest absolute Gasteiger partial charge is 0.321 e. The topological polar surface area (TPSA) is 58.2 Å². The summed E-state index contributed by atoms with van der Waals surface area (Å²) in [6.45, 7) is 0. The van der Waals surface area contributed by atoms with Crippen LogP contribution in [0, 0.1) is 0 Å². The Labute approximate surface area is 168 Å². The number of amides is 2. The van der Waals surface area contributed by atoms with E-state index in [2.05, 4.69) is 10.6 Å². The highest BCUT2D eigenvalue weighted by molar-refractivity contribution is 7.10. The van der Waals surface area contributed by atoms with Crippen LogP contribution in [0.15, 0.2) is 72.1 Å². The van der Waals surface area contributed by atoms with Gasteiger partial charge in [0.25, 0.3) is 5.91 Å². The second-order valence-electron chi connectivity index (χ2n) is 5.88. The van der Waals surface area contributed by atoms with Gasteiger partial charge in [-0.05, 0) is 41.8 Å². The first-order valence-corrected chi connectivity index (χ1v) is 9.32. The molecule has 0 saturated carbocycles. The van der Waals surface area contributed by atoms with E-state index >= 15 is 0 Å². The van der Waals surface area contributed by atoms with E-state index in [1.807, 2.05) is 17.5 Å². The molecule has 0 saturated heterocycles. The molecule has 2 aromatic carbocycles. The molecule has 4 nitrogen and oxygen atoms in total. The Hall–Kier alpha value is -3.39. The number of carbonyl (C=O) groups excluding carboxylic acids is 2. The molecule has 2 N–H and O–H groups in total. The predicted octanol–water partition coefficient (Wildman–Crippen LogP) is 5.67. The normalized spacial score (nSPS) is 11.4. The Bertz CT molecular complexity index is 1040. The molecule has 3 rings (SSSR count). The summed E-state index contributed by atoms with van der Waals surface area (Å²) in [4.78, 5) is 25.5. The SMILES string of the molecule is O=C(/C=C\c1cccs1)Nc1ccccc1NC(=O)c1ccccc1C(F)(F)F. The van der Waals surface area contributed by atoms with Crippen molar-refractivity contribution < 1.29 is 22.8 Å². The first-order chi connectivity index (χ1) is 13.8. The summed E-state index contributed by atoms with van der Waals surface area (Å²) >= 11 is 1.47. The van der Waals surface area contributed by atoms with Gasteiger partial charge in [-0.15, -0.1) is 11.3 Å². The van der Waals surface area contributed by atoms with Crippen LogP contribution in [-0.2, 0) is 11.0 Å². The van der Waals surface area contributed by atoms with Crippen LogP contribution in [-0.4, -0.2) is 11.8 Å². The molecule has 0 aliphatic heterocycles. The van der Waals surface area contributed by atoms with Crippen molar-refractivity contribution >= 4 is 40.6 Å². The Morgan fingerprint density at radius 3 is 2.17 bits per heavy atom. The molecular weight excluding hydrogens is 401 g/mol. The number of halogens is 3. The molecule has 8 heteroatoms. The first-order valence-electron chi connectivity index (χ1n) is 8.44. The maximum Gasteiger partial charge on any atom is 0.417 e. The fourth-order valence-corrected chi connectivity index (χ4v) is 3.16. The molecule has 0 aliphatic carbocycles. The fraction of sp³-hybridized carbons (Fsp3) is 0.0476. The van der Waals surface area contributed by atoms with Crippen LogP contribution in [0.5, 0.6) is 0 Å². The molecule has 0 unspecified atom stereocenters. The van der Waals surface area contributed by atoms with Crippen molar-refractivity contribution in [1.82, 2.24) is 0 Å². The maximum atomic E-state index is 13.2. The summed E-state index contributed by atoms with van der Waals surface area (Å²) in [5.74, 6) is -1.36. The van der Waals surface area contributed by atoms with E-state index in [0.29, 0.717) is 0 Å². The predicted molar refractivity (Wildman–Crippen MR) is 108 cm³/mol. The lowest BCUT2D eigenvalue weighted by atomic mass is 10.1. The number of carbonyl (C=O) groups is 2. The molecule has 2 amide bonds. The number of para-hydroxylation sites is 2. The highest BCUT2D eigenvalue weighted by Gasteiger charge is 2.34. The number of nitrogens with one attached hydrogen (secondary N) is 2. The van der Waals surface area contributed by atoms with Gasteiger partial charge in [0.2, 0.25) is 5.91 Å². The quantitative estimate of drug-likeness (QED) is 0.527. The van der Waals surface area contributed by atoms with Crippen LogP contribution >= 0.6 is 11.3 Å². The third kappa shape index (κ3) is 5.32. The zero-order valence-electron chi connectivity index (χ0n) is 14.9. The van der Waals surface area contributed by atoms with Crippen LogP contribution < -0.4 is 10.6 Å². The molecule has 0 fully saturated rings. The van der Waals surface area contributed by atoms with Crippen molar-refractivity contribution in [3.05, 3.63) is 88.1 Å². The van der Waals surface area contributed by atoms with Crippen molar-refractivity contribution in [1.29, 1.82) is 0 Å². The Morgan fingerprint density at radius 1 is 0.862 bits per heavy atom. The van der Waals surface area contributed by atoms with Gasteiger partial charge >= 0.3 is 6.18 Å². The number of hydrogen-bond donors (Lipinski definition) is 2. The molecule has 1 aromatic heterocycles. The lowest BCUT2D eigenvalue weighted by Crippen LogP contribution is -2.19. The van der Waals surface area contributed by atoms with E-state index in [1.54, 1.807) is 24.3 Å². The molecule has 0 radical (unpaired) electrons. The van der Waals surface area contributed by atoms with Gasteiger partial charge in [0, 0.05) is 11.0 Å². The summed E-state index contributed by atoms with van der Waals surface area (Å²) in [5.41, 5.74) is -1.07. The van der Waals surface area contributed by atoms with Gasteiger partial charge < -0.3 is 10.6 Å². The van der Waals surface area contributed by atoms with Crippen molar-refractivity contribution in [2.45, 2.75) is 6.18 Å². The van der Waals surface area contributed by atoms with Crippen LogP contribution in [0.4, 0.5) is 24.5 Å². The summed E-state index contributed by atoms with van der Waals surface area (Å²) in [7, 11) is 0. The zero-order chi connectivity index (χ0) is 20.9. The minimum absolute atomic E-state index is 0.187. The Balaban J connectivity index is 1.78.